The van der Waals surface area contributed by atoms with Gasteiger partial charge in [0.05, 0.1) is 39.7 Å². The molecule has 0 radical (unpaired) electrons. The molecule has 1 atom stereocenters. The zero-order valence-corrected chi connectivity index (χ0v) is 21.3. The summed E-state index contributed by atoms with van der Waals surface area (Å²) in [5.74, 6) is 1.11. The van der Waals surface area contributed by atoms with Gasteiger partial charge in [-0.05, 0) is 43.2 Å². The highest BCUT2D eigenvalue weighted by Crippen LogP contribution is 2.31. The first-order valence-corrected chi connectivity index (χ1v) is 13.7. The van der Waals surface area contributed by atoms with Crippen LogP contribution in [0.3, 0.4) is 0 Å². The van der Waals surface area contributed by atoms with Crippen LogP contribution in [-0.4, -0.2) is 49.4 Å². The largest absolute Gasteiger partial charge is 0.465 e. The van der Waals surface area contributed by atoms with Crippen molar-refractivity contribution in [2.75, 3.05) is 20.2 Å². The van der Waals surface area contributed by atoms with E-state index in [1.165, 1.54) is 28.8 Å². The molecule has 8 nitrogen and oxygen atoms in total. The number of aromatic nitrogens is 1. The van der Waals surface area contributed by atoms with Crippen LogP contribution in [0, 0.1) is 18.3 Å². The molecule has 1 amide bonds. The van der Waals surface area contributed by atoms with E-state index in [4.69, 9.17) is 22.8 Å². The molecule has 1 fully saturated rings. The molecule has 2 aromatic heterocycles. The summed E-state index contributed by atoms with van der Waals surface area (Å²) in [6.07, 6.45) is 6.61. The van der Waals surface area contributed by atoms with E-state index in [9.17, 15) is 18.0 Å². The van der Waals surface area contributed by atoms with Gasteiger partial charge in [-0.25, -0.2) is 13.2 Å². The predicted octanol–water partition coefficient (Wildman–Crippen LogP) is 3.37. The standard InChI is InChI=1S/C22H20ClN3O5S3/c1-3-10-26-16-7-6-14(21(28)31-2)12-17(16)32-22(26)24-20(27)15-5-4-11-25(13-15)34(29,30)19-9-8-18(23)33-19/h1,6-9,12,15H,4-5,10-11,13H2,2H3. The third-order valence-electron chi connectivity index (χ3n) is 5.44. The van der Waals surface area contributed by atoms with E-state index < -0.39 is 27.8 Å². The molecule has 1 aliphatic rings. The Labute approximate surface area is 209 Å². The Balaban J connectivity index is 1.65. The number of methoxy groups -OCH3 is 1. The predicted molar refractivity (Wildman–Crippen MR) is 131 cm³/mol. The summed E-state index contributed by atoms with van der Waals surface area (Å²) in [6.45, 7) is 0.568. The van der Waals surface area contributed by atoms with Gasteiger partial charge in [-0.1, -0.05) is 28.9 Å². The number of carbonyl (C=O) groups is 2. The van der Waals surface area contributed by atoms with Crippen molar-refractivity contribution in [3.8, 4) is 12.3 Å². The molecule has 0 N–H and O–H groups in total. The van der Waals surface area contributed by atoms with E-state index >= 15 is 0 Å². The Hall–Kier alpha value is -2.49. The number of rotatable bonds is 5. The van der Waals surface area contributed by atoms with Crippen LogP contribution in [0.5, 0.6) is 0 Å². The number of hydrogen-bond acceptors (Lipinski definition) is 7. The fraction of sp³-hybridized carbons (Fsp3) is 0.318. The topological polar surface area (TPSA) is 98.0 Å². The molecular weight excluding hydrogens is 518 g/mol. The third kappa shape index (κ3) is 4.82. The van der Waals surface area contributed by atoms with E-state index in [0.29, 0.717) is 34.1 Å². The van der Waals surface area contributed by atoms with Gasteiger partial charge < -0.3 is 9.30 Å². The van der Waals surface area contributed by atoms with Crippen molar-refractivity contribution >= 4 is 66.4 Å². The molecule has 0 spiro atoms. The monoisotopic (exact) mass is 537 g/mol. The summed E-state index contributed by atoms with van der Waals surface area (Å²) in [5, 5.41) is 0. The zero-order chi connectivity index (χ0) is 24.5. The number of sulfonamides is 1. The number of fused-ring (bicyclic) bond motifs is 1. The lowest BCUT2D eigenvalue weighted by Gasteiger charge is -2.29. The SMILES string of the molecule is C#CCn1c(=NC(=O)C2CCCN(S(=O)(=O)c3ccc(Cl)s3)C2)sc2cc(C(=O)OC)ccc21. The molecule has 12 heteroatoms. The Bertz CT molecular complexity index is 1480. The number of benzene rings is 1. The first-order valence-electron chi connectivity index (χ1n) is 10.2. The van der Waals surface area contributed by atoms with Crippen LogP contribution in [0.25, 0.3) is 10.2 Å². The number of ether oxygens (including phenoxy) is 1. The zero-order valence-electron chi connectivity index (χ0n) is 18.1. The maximum atomic E-state index is 13.1. The molecule has 1 aliphatic heterocycles. The van der Waals surface area contributed by atoms with E-state index in [2.05, 4.69) is 10.9 Å². The van der Waals surface area contributed by atoms with Crippen molar-refractivity contribution < 1.29 is 22.7 Å². The second-order valence-corrected chi connectivity index (χ2v) is 12.4. The lowest BCUT2D eigenvalue weighted by atomic mass is 9.99. The molecule has 34 heavy (non-hydrogen) atoms. The summed E-state index contributed by atoms with van der Waals surface area (Å²) in [4.78, 5) is 29.7. The first kappa shape index (κ1) is 24.6. The molecule has 4 rings (SSSR count). The number of piperidine rings is 1. The van der Waals surface area contributed by atoms with E-state index in [1.807, 2.05) is 0 Å². The molecule has 3 aromatic rings. The second-order valence-electron chi connectivity index (χ2n) is 7.56. The number of amides is 1. The van der Waals surface area contributed by atoms with Crippen molar-refractivity contribution in [1.29, 1.82) is 0 Å². The van der Waals surface area contributed by atoms with Gasteiger partial charge in [-0.2, -0.15) is 9.30 Å². The highest BCUT2D eigenvalue weighted by Gasteiger charge is 2.34. The third-order valence-corrected chi connectivity index (χ3v) is 10.0. The number of esters is 1. The maximum Gasteiger partial charge on any atom is 0.337 e. The Morgan fingerprint density at radius 2 is 2.09 bits per heavy atom. The number of halogens is 1. The molecule has 0 bridgehead atoms. The Morgan fingerprint density at radius 1 is 1.29 bits per heavy atom. The van der Waals surface area contributed by atoms with E-state index in [-0.39, 0.29) is 17.3 Å². The van der Waals surface area contributed by atoms with Crippen LogP contribution in [0.4, 0.5) is 0 Å². The second kappa shape index (κ2) is 10.0. The van der Waals surface area contributed by atoms with Gasteiger partial charge in [0.15, 0.2) is 4.80 Å². The van der Waals surface area contributed by atoms with Gasteiger partial charge in [0.25, 0.3) is 15.9 Å². The number of terminal acetylenes is 1. The normalized spacial score (nSPS) is 17.6. The van der Waals surface area contributed by atoms with Crippen molar-refractivity contribution in [3.63, 3.8) is 0 Å². The fourth-order valence-electron chi connectivity index (χ4n) is 3.76. The van der Waals surface area contributed by atoms with Crippen LogP contribution in [0.2, 0.25) is 4.34 Å². The molecular formula is C22H20ClN3O5S3. The first-order chi connectivity index (χ1) is 16.2. The Morgan fingerprint density at radius 3 is 2.76 bits per heavy atom. The van der Waals surface area contributed by atoms with Crippen LogP contribution in [0.15, 0.2) is 39.5 Å². The Kier molecular flexibility index (Phi) is 7.25. The fourth-order valence-corrected chi connectivity index (χ4v) is 7.99. The van der Waals surface area contributed by atoms with E-state index in [1.54, 1.807) is 28.8 Å². The van der Waals surface area contributed by atoms with Gasteiger partial charge >= 0.3 is 5.97 Å². The van der Waals surface area contributed by atoms with Crippen LogP contribution >= 0.6 is 34.3 Å². The molecule has 3 heterocycles. The van der Waals surface area contributed by atoms with Gasteiger partial charge in [0.2, 0.25) is 0 Å². The maximum absolute atomic E-state index is 13.1. The molecule has 1 aromatic carbocycles. The van der Waals surface area contributed by atoms with Crippen molar-refractivity contribution in [2.24, 2.45) is 10.9 Å². The average Bonchev–Trinajstić information content (AvgIpc) is 3.42. The van der Waals surface area contributed by atoms with Gasteiger partial charge in [0.1, 0.15) is 4.21 Å². The van der Waals surface area contributed by atoms with Gasteiger partial charge in [-0.3, -0.25) is 4.79 Å². The van der Waals surface area contributed by atoms with Gasteiger partial charge in [-0.15, -0.1) is 17.8 Å². The van der Waals surface area contributed by atoms with Crippen LogP contribution in [0.1, 0.15) is 23.2 Å². The van der Waals surface area contributed by atoms with Crippen molar-refractivity contribution in [1.82, 2.24) is 8.87 Å². The summed E-state index contributed by atoms with van der Waals surface area (Å²) in [5.41, 5.74) is 1.12. The highest BCUT2D eigenvalue weighted by molar-refractivity contribution is 7.91. The number of carbonyl (C=O) groups excluding carboxylic acids is 2. The molecule has 1 saturated heterocycles. The van der Waals surface area contributed by atoms with E-state index in [0.717, 1.165) is 21.6 Å². The number of thiophene rings is 1. The lowest BCUT2D eigenvalue weighted by molar-refractivity contribution is -0.122. The number of thiazole rings is 1. The quantitative estimate of drug-likeness (QED) is 0.367. The van der Waals surface area contributed by atoms with Crippen LogP contribution < -0.4 is 4.80 Å². The minimum atomic E-state index is -3.73. The van der Waals surface area contributed by atoms with Crippen molar-refractivity contribution in [3.05, 3.63) is 45.0 Å². The lowest BCUT2D eigenvalue weighted by Crippen LogP contribution is -2.42. The summed E-state index contributed by atoms with van der Waals surface area (Å²) < 4.78 is 35.0. The average molecular weight is 538 g/mol. The smallest absolute Gasteiger partial charge is 0.337 e. The summed E-state index contributed by atoms with van der Waals surface area (Å²) >= 11 is 8.13. The summed E-state index contributed by atoms with van der Waals surface area (Å²) in [7, 11) is -2.43. The van der Waals surface area contributed by atoms with Crippen molar-refractivity contribution in [2.45, 2.75) is 23.6 Å². The molecule has 0 aliphatic carbocycles. The minimum Gasteiger partial charge on any atom is -0.465 e. The molecule has 0 saturated carbocycles. The number of nitrogens with zero attached hydrogens (tertiary/aromatic N) is 3. The van der Waals surface area contributed by atoms with Crippen LogP contribution in [-0.2, 0) is 26.1 Å². The number of hydrogen-bond donors (Lipinski definition) is 0. The minimum absolute atomic E-state index is 0.0483. The molecule has 178 valence electrons. The highest BCUT2D eigenvalue weighted by atomic mass is 35.5. The van der Waals surface area contributed by atoms with Gasteiger partial charge in [0, 0.05) is 13.1 Å². The molecule has 1 unspecified atom stereocenters. The summed E-state index contributed by atoms with van der Waals surface area (Å²) in [6, 6.07) is 8.04.